The van der Waals surface area contributed by atoms with E-state index in [2.05, 4.69) is 61.2 Å². The minimum atomic E-state index is -0.113. The Balaban J connectivity index is 1.16. The van der Waals surface area contributed by atoms with Crippen molar-refractivity contribution in [3.63, 3.8) is 0 Å². The summed E-state index contributed by atoms with van der Waals surface area (Å²) in [5.74, 6) is 1.30. The number of benzene rings is 1. The second-order valence-corrected chi connectivity index (χ2v) is 9.77. The van der Waals surface area contributed by atoms with E-state index in [9.17, 15) is 5.11 Å². The van der Waals surface area contributed by atoms with Crippen LogP contribution in [0, 0.1) is 5.41 Å². The predicted molar refractivity (Wildman–Crippen MR) is 131 cm³/mol. The van der Waals surface area contributed by atoms with E-state index in [1.54, 1.807) is 0 Å². The van der Waals surface area contributed by atoms with Crippen LogP contribution in [0.3, 0.4) is 0 Å². The van der Waals surface area contributed by atoms with Crippen molar-refractivity contribution in [2.75, 3.05) is 60.9 Å². The average Bonchev–Trinajstić information content (AvgIpc) is 2.81. The Morgan fingerprint density at radius 2 is 1.82 bits per heavy atom. The van der Waals surface area contributed by atoms with Crippen molar-refractivity contribution in [2.24, 2.45) is 5.41 Å². The lowest BCUT2D eigenvalue weighted by Gasteiger charge is -2.58. The molecule has 172 valence electrons. The zero-order valence-electron chi connectivity index (χ0n) is 19.1. The number of hydrogen-bond acceptors (Lipinski definition) is 8. The molecular weight excluding hydrogens is 414 g/mol. The number of aliphatic hydroxyl groups excluding tert-OH is 1. The van der Waals surface area contributed by atoms with Crippen LogP contribution in [0.2, 0.25) is 0 Å². The van der Waals surface area contributed by atoms with Gasteiger partial charge in [-0.2, -0.15) is 0 Å². The molecule has 1 aromatic carbocycles. The number of nitrogens with one attached hydrogen (secondary N) is 1. The molecule has 6 rings (SSSR count). The van der Waals surface area contributed by atoms with E-state index < -0.39 is 0 Å². The van der Waals surface area contributed by atoms with Gasteiger partial charge in [-0.15, -0.1) is 0 Å². The summed E-state index contributed by atoms with van der Waals surface area (Å²) in [6.45, 7) is 9.59. The molecule has 0 atom stereocenters. The molecule has 2 saturated heterocycles. The number of piperazine rings is 1. The number of para-hydroxylation sites is 1. The summed E-state index contributed by atoms with van der Waals surface area (Å²) in [6.07, 6.45) is 5.54. The van der Waals surface area contributed by atoms with Crippen LogP contribution < -0.4 is 15.1 Å². The number of aliphatic hydroxyl groups is 1. The first-order valence-electron chi connectivity index (χ1n) is 12.0. The number of nitrogens with zero attached hydrogens (tertiary/aromatic N) is 6. The molecule has 3 aromatic rings. The molecule has 2 N–H and O–H groups in total. The summed E-state index contributed by atoms with van der Waals surface area (Å²) in [5.41, 5.74) is 3.56. The summed E-state index contributed by atoms with van der Waals surface area (Å²) in [6, 6.07) is 10.4. The molecule has 0 amide bonds. The first-order chi connectivity index (χ1) is 16.1. The number of pyridine rings is 1. The van der Waals surface area contributed by atoms with Crippen molar-refractivity contribution < 1.29 is 5.11 Å². The van der Waals surface area contributed by atoms with Gasteiger partial charge in [0.2, 0.25) is 5.95 Å². The summed E-state index contributed by atoms with van der Waals surface area (Å²) < 4.78 is 0. The van der Waals surface area contributed by atoms with E-state index in [4.69, 9.17) is 4.98 Å². The molecule has 1 aliphatic carbocycles. The first kappa shape index (κ1) is 20.6. The van der Waals surface area contributed by atoms with Gasteiger partial charge in [-0.05, 0) is 37.6 Å². The van der Waals surface area contributed by atoms with Crippen LogP contribution in [-0.4, -0.2) is 76.9 Å². The van der Waals surface area contributed by atoms with Gasteiger partial charge in [-0.25, -0.2) is 15.0 Å². The third-order valence-electron chi connectivity index (χ3n) is 7.49. The molecule has 0 unspecified atom stereocenters. The molecular formula is C25H31N7O. The maximum absolute atomic E-state index is 9.71. The number of rotatable bonds is 5. The Bertz CT molecular complexity index is 1130. The van der Waals surface area contributed by atoms with Gasteiger partial charge in [0.25, 0.3) is 0 Å². The topological polar surface area (TPSA) is 80.7 Å². The lowest BCUT2D eigenvalue weighted by atomic mass is 9.62. The highest BCUT2D eigenvalue weighted by Gasteiger charge is 2.52. The van der Waals surface area contributed by atoms with E-state index in [1.165, 1.54) is 0 Å². The van der Waals surface area contributed by atoms with Crippen molar-refractivity contribution >= 4 is 34.0 Å². The SMILES string of the molecule is CCN1CCN(c2ccc(Nc3ncc4cccc(N5CC6(CC(O)C6)C5)c4n3)nc2)CC1. The van der Waals surface area contributed by atoms with Gasteiger partial charge >= 0.3 is 0 Å². The van der Waals surface area contributed by atoms with Crippen molar-refractivity contribution in [3.05, 3.63) is 42.7 Å². The van der Waals surface area contributed by atoms with Crippen LogP contribution in [0.1, 0.15) is 19.8 Å². The lowest BCUT2D eigenvalue weighted by molar-refractivity contribution is -0.0490. The highest BCUT2D eigenvalue weighted by Crippen LogP contribution is 2.50. The minimum absolute atomic E-state index is 0.113. The van der Waals surface area contributed by atoms with Crippen LogP contribution in [0.25, 0.3) is 10.9 Å². The largest absolute Gasteiger partial charge is 0.393 e. The minimum Gasteiger partial charge on any atom is -0.393 e. The number of hydrogen-bond donors (Lipinski definition) is 2. The molecule has 0 radical (unpaired) electrons. The van der Waals surface area contributed by atoms with Crippen molar-refractivity contribution in [3.8, 4) is 0 Å². The Labute approximate surface area is 194 Å². The van der Waals surface area contributed by atoms with Crippen LogP contribution in [0.4, 0.5) is 23.1 Å². The van der Waals surface area contributed by atoms with Gasteiger partial charge in [-0.1, -0.05) is 19.1 Å². The molecule has 4 heterocycles. The fraction of sp³-hybridized carbons (Fsp3) is 0.480. The second kappa shape index (κ2) is 8.11. The zero-order valence-corrected chi connectivity index (χ0v) is 19.1. The van der Waals surface area contributed by atoms with Crippen LogP contribution in [0.5, 0.6) is 0 Å². The zero-order chi connectivity index (χ0) is 22.4. The predicted octanol–water partition coefficient (Wildman–Crippen LogP) is 2.87. The molecule has 3 fully saturated rings. The second-order valence-electron chi connectivity index (χ2n) is 9.77. The molecule has 3 aliphatic rings. The lowest BCUT2D eigenvalue weighted by Crippen LogP contribution is -2.63. The maximum Gasteiger partial charge on any atom is 0.228 e. The van der Waals surface area contributed by atoms with E-state index in [0.29, 0.717) is 11.4 Å². The van der Waals surface area contributed by atoms with Crippen molar-refractivity contribution in [2.45, 2.75) is 25.9 Å². The van der Waals surface area contributed by atoms with Gasteiger partial charge < -0.3 is 25.1 Å². The smallest absolute Gasteiger partial charge is 0.228 e. The number of aromatic nitrogens is 3. The Morgan fingerprint density at radius 1 is 1.00 bits per heavy atom. The summed E-state index contributed by atoms with van der Waals surface area (Å²) in [5, 5.41) is 14.0. The quantitative estimate of drug-likeness (QED) is 0.621. The van der Waals surface area contributed by atoms with Gasteiger partial charge in [0.05, 0.1) is 29.2 Å². The number of fused-ring (bicyclic) bond motifs is 1. The molecule has 1 spiro atoms. The first-order valence-corrected chi connectivity index (χ1v) is 12.0. The summed E-state index contributed by atoms with van der Waals surface area (Å²) in [4.78, 5) is 21.2. The van der Waals surface area contributed by atoms with Gasteiger partial charge in [0, 0.05) is 56.3 Å². The van der Waals surface area contributed by atoms with E-state index in [-0.39, 0.29) is 6.10 Å². The van der Waals surface area contributed by atoms with Crippen LogP contribution >= 0.6 is 0 Å². The van der Waals surface area contributed by atoms with E-state index in [0.717, 1.165) is 86.8 Å². The Morgan fingerprint density at radius 3 is 2.52 bits per heavy atom. The maximum atomic E-state index is 9.71. The Hall–Kier alpha value is -2.97. The standard InChI is InChI=1S/C25H31N7O/c1-2-30-8-10-31(11-9-30)19-6-7-22(26-15-19)28-24-27-14-18-4-3-5-21(23(18)29-24)32-16-25(17-32)12-20(33)13-25/h3-7,14-15,20,33H,2,8-13,16-17H2,1H3,(H,26,27,28,29). The van der Waals surface area contributed by atoms with E-state index >= 15 is 0 Å². The molecule has 8 nitrogen and oxygen atoms in total. The molecule has 2 aliphatic heterocycles. The fourth-order valence-electron chi connectivity index (χ4n) is 5.57. The Kier molecular flexibility index (Phi) is 5.07. The number of anilines is 4. The van der Waals surface area contributed by atoms with E-state index in [1.807, 2.05) is 18.5 Å². The molecule has 33 heavy (non-hydrogen) atoms. The number of likely N-dealkylation sites (N-methyl/N-ethyl adjacent to an activating group) is 1. The van der Waals surface area contributed by atoms with Crippen molar-refractivity contribution in [1.82, 2.24) is 19.9 Å². The third kappa shape index (κ3) is 3.87. The molecule has 0 bridgehead atoms. The normalized spacial score (nSPS) is 20.7. The summed E-state index contributed by atoms with van der Waals surface area (Å²) >= 11 is 0. The molecule has 1 saturated carbocycles. The fourth-order valence-corrected chi connectivity index (χ4v) is 5.57. The average molecular weight is 446 g/mol. The van der Waals surface area contributed by atoms with Gasteiger partial charge in [0.1, 0.15) is 5.82 Å². The van der Waals surface area contributed by atoms with Gasteiger partial charge in [0.15, 0.2) is 0 Å². The highest BCUT2D eigenvalue weighted by molar-refractivity contribution is 5.91. The third-order valence-corrected chi connectivity index (χ3v) is 7.49. The van der Waals surface area contributed by atoms with Crippen molar-refractivity contribution in [1.29, 1.82) is 0 Å². The van der Waals surface area contributed by atoms with Crippen LogP contribution in [0.15, 0.2) is 42.7 Å². The summed E-state index contributed by atoms with van der Waals surface area (Å²) in [7, 11) is 0. The molecule has 2 aromatic heterocycles. The monoisotopic (exact) mass is 445 g/mol. The highest BCUT2D eigenvalue weighted by atomic mass is 16.3. The van der Waals surface area contributed by atoms with Crippen LogP contribution in [-0.2, 0) is 0 Å². The van der Waals surface area contributed by atoms with Gasteiger partial charge in [-0.3, -0.25) is 0 Å². The molecule has 8 heteroatoms.